The van der Waals surface area contributed by atoms with Gasteiger partial charge < -0.3 is 15.4 Å². The van der Waals surface area contributed by atoms with Crippen LogP contribution in [0.25, 0.3) is 0 Å². The molecule has 1 aromatic rings. The molecule has 1 unspecified atom stereocenters. The van der Waals surface area contributed by atoms with E-state index < -0.39 is 0 Å². The third-order valence-corrected chi connectivity index (χ3v) is 3.80. The maximum absolute atomic E-state index is 5.56. The third kappa shape index (κ3) is 4.72. The van der Waals surface area contributed by atoms with Gasteiger partial charge in [-0.05, 0) is 38.5 Å². The molecule has 6 nitrogen and oxygen atoms in total. The largest absolute Gasteiger partial charge is 0.463 e. The van der Waals surface area contributed by atoms with E-state index in [1.165, 1.54) is 19.3 Å². The van der Waals surface area contributed by atoms with Gasteiger partial charge in [0.05, 0.1) is 6.61 Å². The van der Waals surface area contributed by atoms with Crippen molar-refractivity contribution in [3.8, 4) is 6.01 Å². The first-order valence-corrected chi connectivity index (χ1v) is 8.12. The maximum atomic E-state index is 5.56. The van der Waals surface area contributed by atoms with Crippen molar-refractivity contribution in [2.75, 3.05) is 23.8 Å². The van der Waals surface area contributed by atoms with Crippen LogP contribution in [0.15, 0.2) is 0 Å². The topological polar surface area (TPSA) is 72.0 Å². The van der Waals surface area contributed by atoms with Gasteiger partial charge in [-0.15, -0.1) is 0 Å². The van der Waals surface area contributed by atoms with Crippen molar-refractivity contribution in [2.45, 2.75) is 58.9 Å². The lowest BCUT2D eigenvalue weighted by molar-refractivity contribution is 0.281. The molecule has 1 atom stereocenters. The van der Waals surface area contributed by atoms with Gasteiger partial charge in [0.25, 0.3) is 0 Å². The molecule has 2 N–H and O–H groups in total. The molecule has 1 saturated carbocycles. The minimum absolute atomic E-state index is 0.388. The average molecular weight is 293 g/mol. The summed E-state index contributed by atoms with van der Waals surface area (Å²) in [5.74, 6) is 1.92. The van der Waals surface area contributed by atoms with Crippen LogP contribution in [0, 0.1) is 5.92 Å². The molecule has 118 valence electrons. The summed E-state index contributed by atoms with van der Waals surface area (Å²) in [6.45, 7) is 7.83. The van der Waals surface area contributed by atoms with Crippen molar-refractivity contribution >= 4 is 11.9 Å². The van der Waals surface area contributed by atoms with Crippen LogP contribution < -0.4 is 15.4 Å². The molecule has 0 bridgehead atoms. The highest BCUT2D eigenvalue weighted by Crippen LogP contribution is 2.30. The van der Waals surface area contributed by atoms with Crippen LogP contribution in [-0.2, 0) is 0 Å². The van der Waals surface area contributed by atoms with Crippen molar-refractivity contribution in [2.24, 2.45) is 5.92 Å². The first-order valence-electron chi connectivity index (χ1n) is 8.12. The number of aromatic nitrogens is 3. The second-order valence-corrected chi connectivity index (χ2v) is 5.66. The summed E-state index contributed by atoms with van der Waals surface area (Å²) in [5.41, 5.74) is 0. The first-order chi connectivity index (χ1) is 10.2. The van der Waals surface area contributed by atoms with Crippen molar-refractivity contribution in [1.29, 1.82) is 0 Å². The Balaban J connectivity index is 2.05. The summed E-state index contributed by atoms with van der Waals surface area (Å²) in [6.07, 6.45) is 5.88. The summed E-state index contributed by atoms with van der Waals surface area (Å²) >= 11 is 0. The Morgan fingerprint density at radius 2 is 1.90 bits per heavy atom. The number of rotatable bonds is 9. The lowest BCUT2D eigenvalue weighted by Crippen LogP contribution is -2.31. The zero-order valence-corrected chi connectivity index (χ0v) is 13.4. The number of nitrogens with one attached hydrogen (secondary N) is 2. The Labute approximate surface area is 127 Å². The Hall–Kier alpha value is -1.59. The monoisotopic (exact) mass is 293 g/mol. The molecule has 0 radical (unpaired) electrons. The molecule has 1 heterocycles. The summed E-state index contributed by atoms with van der Waals surface area (Å²) in [5, 5.41) is 6.60. The number of nitrogens with zero attached hydrogens (tertiary/aromatic N) is 3. The predicted octanol–water partition coefficient (Wildman–Crippen LogP) is 3.08. The van der Waals surface area contributed by atoms with Gasteiger partial charge in [0.1, 0.15) is 0 Å². The minimum atomic E-state index is 0.388. The first kappa shape index (κ1) is 15.8. The molecule has 21 heavy (non-hydrogen) atoms. The molecule has 1 fully saturated rings. The van der Waals surface area contributed by atoms with E-state index in [1.807, 2.05) is 0 Å². The van der Waals surface area contributed by atoms with Crippen molar-refractivity contribution < 1.29 is 4.74 Å². The molecule has 2 rings (SSSR count). The summed E-state index contributed by atoms with van der Waals surface area (Å²) in [4.78, 5) is 13.1. The molecular formula is C15H27N5O. The number of ether oxygens (including phenoxy) is 1. The molecule has 0 aliphatic heterocycles. The van der Waals surface area contributed by atoms with E-state index in [4.69, 9.17) is 4.74 Å². The normalized spacial score (nSPS) is 16.1. The fourth-order valence-electron chi connectivity index (χ4n) is 2.26. The van der Waals surface area contributed by atoms with E-state index in [1.54, 1.807) is 0 Å². The molecule has 0 spiro atoms. The molecule has 6 heteroatoms. The van der Waals surface area contributed by atoms with Gasteiger partial charge in [0.15, 0.2) is 0 Å². The van der Waals surface area contributed by atoms with E-state index in [-0.39, 0.29) is 0 Å². The van der Waals surface area contributed by atoms with Crippen LogP contribution >= 0.6 is 0 Å². The smallest absolute Gasteiger partial charge is 0.323 e. The van der Waals surface area contributed by atoms with Gasteiger partial charge >= 0.3 is 6.01 Å². The average Bonchev–Trinajstić information content (AvgIpc) is 2.40. The molecule has 1 aliphatic carbocycles. The summed E-state index contributed by atoms with van der Waals surface area (Å²) < 4.78 is 5.56. The van der Waals surface area contributed by atoms with Crippen molar-refractivity contribution in [3.05, 3.63) is 0 Å². The van der Waals surface area contributed by atoms with Gasteiger partial charge in [-0.3, -0.25) is 0 Å². The summed E-state index contributed by atoms with van der Waals surface area (Å²) in [7, 11) is 0. The van der Waals surface area contributed by atoms with Crippen molar-refractivity contribution in [3.63, 3.8) is 0 Å². The standard InChI is InChI=1S/C15H27N5O/c1-4-9-16-13-18-14(17-11(3)12-7-6-8-12)20-15(19-13)21-10-5-2/h11-12H,4-10H2,1-3H3,(H2,16,17,18,19,20). The van der Waals surface area contributed by atoms with Crippen LogP contribution in [-0.4, -0.2) is 34.1 Å². The van der Waals surface area contributed by atoms with Gasteiger partial charge in [-0.2, -0.15) is 15.0 Å². The minimum Gasteiger partial charge on any atom is -0.463 e. The van der Waals surface area contributed by atoms with Crippen LogP contribution in [0.2, 0.25) is 0 Å². The molecule has 1 aliphatic rings. The molecule has 1 aromatic heterocycles. The third-order valence-electron chi connectivity index (χ3n) is 3.80. The molecule has 0 saturated heterocycles. The van der Waals surface area contributed by atoms with Crippen LogP contribution in [0.3, 0.4) is 0 Å². The van der Waals surface area contributed by atoms with E-state index in [2.05, 4.69) is 46.4 Å². The van der Waals surface area contributed by atoms with E-state index >= 15 is 0 Å². The fourth-order valence-corrected chi connectivity index (χ4v) is 2.26. The zero-order chi connectivity index (χ0) is 15.1. The number of hydrogen-bond acceptors (Lipinski definition) is 6. The second-order valence-electron chi connectivity index (χ2n) is 5.66. The fraction of sp³-hybridized carbons (Fsp3) is 0.800. The zero-order valence-electron chi connectivity index (χ0n) is 13.4. The Morgan fingerprint density at radius 3 is 2.52 bits per heavy atom. The Kier molecular flexibility index (Phi) is 6.02. The van der Waals surface area contributed by atoms with Crippen LogP contribution in [0.4, 0.5) is 11.9 Å². The lowest BCUT2D eigenvalue weighted by Gasteiger charge is -2.31. The molecule has 0 aromatic carbocycles. The highest BCUT2D eigenvalue weighted by molar-refractivity contribution is 5.36. The van der Waals surface area contributed by atoms with Gasteiger partial charge in [0, 0.05) is 12.6 Å². The van der Waals surface area contributed by atoms with E-state index in [0.29, 0.717) is 30.6 Å². The van der Waals surface area contributed by atoms with Crippen LogP contribution in [0.1, 0.15) is 52.9 Å². The van der Waals surface area contributed by atoms with Gasteiger partial charge in [-0.1, -0.05) is 20.3 Å². The lowest BCUT2D eigenvalue weighted by atomic mass is 9.80. The second kappa shape index (κ2) is 8.00. The highest BCUT2D eigenvalue weighted by Gasteiger charge is 2.24. The Morgan fingerprint density at radius 1 is 1.14 bits per heavy atom. The van der Waals surface area contributed by atoms with Gasteiger partial charge in [0.2, 0.25) is 11.9 Å². The summed E-state index contributed by atoms with van der Waals surface area (Å²) in [6, 6.07) is 0.785. The number of hydrogen-bond donors (Lipinski definition) is 2. The quantitative estimate of drug-likeness (QED) is 0.729. The SMILES string of the molecule is CCCNc1nc(NC(C)C2CCC2)nc(OCCC)n1. The Bertz CT molecular complexity index is 410. The van der Waals surface area contributed by atoms with E-state index in [9.17, 15) is 0 Å². The highest BCUT2D eigenvalue weighted by atomic mass is 16.5. The predicted molar refractivity (Wildman–Crippen MR) is 84.8 cm³/mol. The number of anilines is 2. The van der Waals surface area contributed by atoms with Crippen molar-refractivity contribution in [1.82, 2.24) is 15.0 Å². The van der Waals surface area contributed by atoms with Gasteiger partial charge in [-0.25, -0.2) is 0 Å². The van der Waals surface area contributed by atoms with Crippen LogP contribution in [0.5, 0.6) is 6.01 Å². The molecule has 0 amide bonds. The molecular weight excluding hydrogens is 266 g/mol. The van der Waals surface area contributed by atoms with E-state index in [0.717, 1.165) is 25.3 Å². The maximum Gasteiger partial charge on any atom is 0.323 e.